The van der Waals surface area contributed by atoms with Gasteiger partial charge in [0, 0.05) is 45.2 Å². The molecule has 1 heterocycles. The van der Waals surface area contributed by atoms with Crippen LogP contribution in [-0.4, -0.2) is 69.2 Å². The first-order valence-corrected chi connectivity index (χ1v) is 10.4. The molecule has 9 heteroatoms. The number of nitrogens with one attached hydrogen (secondary N) is 2. The first-order valence-electron chi connectivity index (χ1n) is 10.4. The number of morpholine rings is 1. The van der Waals surface area contributed by atoms with Crippen LogP contribution in [0.2, 0.25) is 0 Å². The minimum atomic E-state index is -4.70. The van der Waals surface area contributed by atoms with Crippen LogP contribution in [0.25, 0.3) is 0 Å². The lowest BCUT2D eigenvalue weighted by Gasteiger charge is -2.34. The summed E-state index contributed by atoms with van der Waals surface area (Å²) < 4.78 is 48.0. The maximum absolute atomic E-state index is 12.7. The van der Waals surface area contributed by atoms with Crippen LogP contribution in [0.5, 0.6) is 5.75 Å². The number of aliphatic imine (C=N–C) groups is 1. The van der Waals surface area contributed by atoms with Gasteiger partial charge in [-0.1, -0.05) is 32.0 Å². The second-order valence-electron chi connectivity index (χ2n) is 8.28. The Balaban J connectivity index is 1.49. The number of rotatable bonds is 7. The summed E-state index contributed by atoms with van der Waals surface area (Å²) in [6.45, 7) is 8.62. The van der Waals surface area contributed by atoms with E-state index in [1.54, 1.807) is 25.2 Å². The summed E-state index contributed by atoms with van der Waals surface area (Å²) in [5.74, 6) is 1.06. The van der Waals surface area contributed by atoms with Gasteiger partial charge in [0.1, 0.15) is 5.75 Å². The molecule has 1 saturated carbocycles. The van der Waals surface area contributed by atoms with Gasteiger partial charge in [-0.05, 0) is 24.0 Å². The maximum Gasteiger partial charge on any atom is 0.573 e. The third-order valence-electron chi connectivity index (χ3n) is 5.22. The van der Waals surface area contributed by atoms with E-state index in [1.165, 1.54) is 6.07 Å². The van der Waals surface area contributed by atoms with Gasteiger partial charge in [0.2, 0.25) is 0 Å². The Morgan fingerprint density at radius 2 is 2.10 bits per heavy atom. The molecule has 0 aromatic heterocycles. The molecule has 1 saturated heterocycles. The SMILES string of the molecule is CN=C(NCC1CN(CC(C)C)CCO1)NC1CC1c1ccccc1OC(F)(F)F. The van der Waals surface area contributed by atoms with E-state index in [9.17, 15) is 13.2 Å². The van der Waals surface area contributed by atoms with Crippen LogP contribution in [0.4, 0.5) is 13.2 Å². The number of ether oxygens (including phenoxy) is 2. The number of alkyl halides is 3. The molecular weight excluding hydrogens is 397 g/mol. The molecule has 3 atom stereocenters. The topological polar surface area (TPSA) is 58.1 Å². The highest BCUT2D eigenvalue weighted by molar-refractivity contribution is 5.80. The van der Waals surface area contributed by atoms with Crippen LogP contribution in [0, 0.1) is 5.92 Å². The Morgan fingerprint density at radius 1 is 1.33 bits per heavy atom. The number of guanidine groups is 1. The molecule has 0 spiro atoms. The van der Waals surface area contributed by atoms with Gasteiger partial charge in [0.25, 0.3) is 0 Å². The predicted octanol–water partition coefficient (Wildman–Crippen LogP) is 2.96. The lowest BCUT2D eigenvalue weighted by Crippen LogP contribution is -2.50. The lowest BCUT2D eigenvalue weighted by molar-refractivity contribution is -0.274. The van der Waals surface area contributed by atoms with Crippen molar-refractivity contribution in [3.63, 3.8) is 0 Å². The van der Waals surface area contributed by atoms with Crippen molar-refractivity contribution >= 4 is 5.96 Å². The summed E-state index contributed by atoms with van der Waals surface area (Å²) in [7, 11) is 1.68. The average molecular weight is 428 g/mol. The number of hydrogen-bond donors (Lipinski definition) is 2. The summed E-state index contributed by atoms with van der Waals surface area (Å²) >= 11 is 0. The minimum absolute atomic E-state index is 0.0129. The maximum atomic E-state index is 12.7. The molecule has 1 aliphatic heterocycles. The predicted molar refractivity (Wildman–Crippen MR) is 110 cm³/mol. The molecule has 0 amide bonds. The van der Waals surface area contributed by atoms with Crippen molar-refractivity contribution in [1.29, 1.82) is 0 Å². The van der Waals surface area contributed by atoms with Gasteiger partial charge < -0.3 is 20.1 Å². The van der Waals surface area contributed by atoms with E-state index < -0.39 is 6.36 Å². The van der Waals surface area contributed by atoms with Crippen LogP contribution >= 0.6 is 0 Å². The number of para-hydroxylation sites is 1. The fourth-order valence-corrected chi connectivity index (χ4v) is 3.87. The highest BCUT2D eigenvalue weighted by Crippen LogP contribution is 2.45. The van der Waals surface area contributed by atoms with Crippen LogP contribution in [0.1, 0.15) is 31.7 Å². The summed E-state index contributed by atoms with van der Waals surface area (Å²) in [6, 6.07) is 6.32. The van der Waals surface area contributed by atoms with E-state index in [0.717, 1.165) is 26.1 Å². The fourth-order valence-electron chi connectivity index (χ4n) is 3.87. The molecule has 2 N–H and O–H groups in total. The number of benzene rings is 1. The molecule has 0 radical (unpaired) electrons. The summed E-state index contributed by atoms with van der Waals surface area (Å²) in [5, 5.41) is 6.58. The standard InChI is InChI=1S/C21H31F3N4O2/c1-14(2)12-28-8-9-29-15(13-28)11-26-20(25-3)27-18-10-17(18)16-6-4-5-7-19(16)30-21(22,23)24/h4-7,14-15,17-18H,8-13H2,1-3H3,(H2,25,26,27). The van der Waals surface area contributed by atoms with Gasteiger partial charge in [-0.3, -0.25) is 9.89 Å². The first kappa shape index (κ1) is 22.7. The van der Waals surface area contributed by atoms with Crippen molar-refractivity contribution in [3.8, 4) is 5.75 Å². The Morgan fingerprint density at radius 3 is 2.80 bits per heavy atom. The highest BCUT2D eigenvalue weighted by atomic mass is 19.4. The average Bonchev–Trinajstić information content (AvgIpc) is 3.43. The summed E-state index contributed by atoms with van der Waals surface area (Å²) in [5.41, 5.74) is 0.558. The second-order valence-corrected chi connectivity index (χ2v) is 8.28. The number of hydrogen-bond acceptors (Lipinski definition) is 4. The van der Waals surface area contributed by atoms with Gasteiger partial charge in [-0.15, -0.1) is 13.2 Å². The number of halogens is 3. The third-order valence-corrected chi connectivity index (χ3v) is 5.22. The zero-order valence-electron chi connectivity index (χ0n) is 17.7. The zero-order valence-corrected chi connectivity index (χ0v) is 17.7. The van der Waals surface area contributed by atoms with Crippen LogP contribution in [0.3, 0.4) is 0 Å². The van der Waals surface area contributed by atoms with Gasteiger partial charge in [0.05, 0.1) is 12.7 Å². The molecule has 1 aromatic carbocycles. The molecule has 1 aliphatic carbocycles. The normalized spacial score (nSPS) is 25.3. The minimum Gasteiger partial charge on any atom is -0.405 e. The fraction of sp³-hybridized carbons (Fsp3) is 0.667. The Hall–Kier alpha value is -2.00. The van der Waals surface area contributed by atoms with Crippen LogP contribution < -0.4 is 15.4 Å². The molecular formula is C21H31F3N4O2. The Kier molecular flexibility index (Phi) is 7.46. The molecule has 2 fully saturated rings. The smallest absolute Gasteiger partial charge is 0.405 e. The molecule has 3 unspecified atom stereocenters. The van der Waals surface area contributed by atoms with Gasteiger partial charge in [-0.25, -0.2) is 0 Å². The molecule has 1 aromatic rings. The van der Waals surface area contributed by atoms with Crippen molar-refractivity contribution in [3.05, 3.63) is 29.8 Å². The van der Waals surface area contributed by atoms with E-state index >= 15 is 0 Å². The van der Waals surface area contributed by atoms with Crippen molar-refractivity contribution < 1.29 is 22.6 Å². The highest BCUT2D eigenvalue weighted by Gasteiger charge is 2.42. The Labute approximate surface area is 175 Å². The first-order chi connectivity index (χ1) is 14.2. The molecule has 30 heavy (non-hydrogen) atoms. The molecule has 6 nitrogen and oxygen atoms in total. The van der Waals surface area contributed by atoms with Crippen LogP contribution in [0.15, 0.2) is 29.3 Å². The molecule has 168 valence electrons. The van der Waals surface area contributed by atoms with E-state index in [-0.39, 0.29) is 23.8 Å². The second kappa shape index (κ2) is 9.87. The van der Waals surface area contributed by atoms with Gasteiger partial charge in [-0.2, -0.15) is 0 Å². The van der Waals surface area contributed by atoms with E-state index in [4.69, 9.17) is 4.74 Å². The van der Waals surface area contributed by atoms with Crippen LogP contribution in [-0.2, 0) is 4.74 Å². The molecule has 0 bridgehead atoms. The quantitative estimate of drug-likeness (QED) is 0.517. The third kappa shape index (κ3) is 6.77. The number of nitrogens with zero attached hydrogens (tertiary/aromatic N) is 2. The summed E-state index contributed by atoms with van der Waals surface area (Å²) in [4.78, 5) is 6.65. The summed E-state index contributed by atoms with van der Waals surface area (Å²) in [6.07, 6.45) is -3.90. The molecule has 2 aliphatic rings. The van der Waals surface area contributed by atoms with Crippen molar-refractivity contribution in [1.82, 2.24) is 15.5 Å². The lowest BCUT2D eigenvalue weighted by atomic mass is 10.1. The zero-order chi connectivity index (χ0) is 21.7. The Bertz CT molecular complexity index is 726. The van der Waals surface area contributed by atoms with E-state index in [0.29, 0.717) is 30.6 Å². The van der Waals surface area contributed by atoms with E-state index in [2.05, 4.69) is 39.1 Å². The van der Waals surface area contributed by atoms with Crippen molar-refractivity contribution in [2.45, 2.75) is 44.7 Å². The van der Waals surface area contributed by atoms with Crippen molar-refractivity contribution in [2.24, 2.45) is 10.9 Å². The van der Waals surface area contributed by atoms with Gasteiger partial charge in [0.15, 0.2) is 5.96 Å². The molecule has 3 rings (SSSR count). The van der Waals surface area contributed by atoms with Crippen molar-refractivity contribution in [2.75, 3.05) is 39.8 Å². The van der Waals surface area contributed by atoms with Gasteiger partial charge >= 0.3 is 6.36 Å². The monoisotopic (exact) mass is 428 g/mol. The largest absolute Gasteiger partial charge is 0.573 e. The van der Waals surface area contributed by atoms with E-state index in [1.807, 2.05) is 0 Å².